The summed E-state index contributed by atoms with van der Waals surface area (Å²) in [6, 6.07) is 3.15. The molecule has 3 aromatic heterocycles. The molecule has 9 nitrogen and oxygen atoms in total. The minimum atomic E-state index is -4.58. The summed E-state index contributed by atoms with van der Waals surface area (Å²) in [6.45, 7) is 1.68. The summed E-state index contributed by atoms with van der Waals surface area (Å²) in [5, 5.41) is 16.5. The smallest absolute Gasteiger partial charge is 0.360 e. The number of H-pyrrole nitrogens is 1. The molecule has 1 aromatic carbocycles. The van der Waals surface area contributed by atoms with Gasteiger partial charge in [0.1, 0.15) is 23.1 Å². The molecule has 4 aromatic rings. The number of nitrogens with one attached hydrogen (secondary N) is 2. The number of halogens is 4. The molecule has 0 aliphatic heterocycles. The zero-order chi connectivity index (χ0) is 22.3. The normalized spacial score (nSPS) is 12.6. The minimum Gasteiger partial charge on any atom is -0.360 e. The quantitative estimate of drug-likeness (QED) is 0.427. The van der Waals surface area contributed by atoms with E-state index in [4.69, 9.17) is 5.26 Å². The first-order valence-corrected chi connectivity index (χ1v) is 10.1. The Morgan fingerprint density at radius 3 is 2.81 bits per heavy atom. The van der Waals surface area contributed by atoms with E-state index in [9.17, 15) is 18.0 Å². The number of rotatable bonds is 4. The van der Waals surface area contributed by atoms with Crippen molar-refractivity contribution in [2.75, 3.05) is 5.32 Å². The molecule has 0 saturated heterocycles. The molecule has 2 N–H and O–H groups in total. The Bertz CT molecular complexity index is 1390. The van der Waals surface area contributed by atoms with Crippen molar-refractivity contribution in [3.8, 4) is 11.2 Å². The molecule has 31 heavy (non-hydrogen) atoms. The van der Waals surface area contributed by atoms with E-state index in [1.165, 1.54) is 17.2 Å². The molecule has 0 saturated carbocycles. The molecule has 0 spiro atoms. The van der Waals surface area contributed by atoms with Crippen molar-refractivity contribution in [1.82, 2.24) is 29.7 Å². The second kappa shape index (κ2) is 7.75. The number of hydrogen-bond donors (Lipinski definition) is 2. The van der Waals surface area contributed by atoms with Crippen LogP contribution in [0.5, 0.6) is 0 Å². The fraction of sp³-hybridized carbons (Fsp3) is 0.176. The van der Waals surface area contributed by atoms with Crippen LogP contribution in [0.2, 0.25) is 0 Å². The predicted octanol–water partition coefficient (Wildman–Crippen LogP) is 3.79. The summed E-state index contributed by atoms with van der Waals surface area (Å²) < 4.78 is 41.3. The summed E-state index contributed by atoms with van der Waals surface area (Å²) in [7, 11) is 0. The van der Waals surface area contributed by atoms with Crippen molar-refractivity contribution in [3.05, 3.63) is 55.9 Å². The monoisotopic (exact) mass is 510 g/mol. The number of anilines is 1. The fourth-order valence-corrected chi connectivity index (χ4v) is 4.11. The van der Waals surface area contributed by atoms with Gasteiger partial charge >= 0.3 is 11.9 Å². The Kier molecular flexibility index (Phi) is 5.23. The average Bonchev–Trinajstić information content (AvgIpc) is 3.36. The van der Waals surface area contributed by atoms with Gasteiger partial charge in [0.25, 0.3) is 0 Å². The maximum Gasteiger partial charge on any atom is 0.416 e. The molecule has 0 radical (unpaired) electrons. The van der Waals surface area contributed by atoms with Gasteiger partial charge in [-0.2, -0.15) is 33.2 Å². The van der Waals surface area contributed by atoms with Gasteiger partial charge in [0.15, 0.2) is 5.82 Å². The summed E-state index contributed by atoms with van der Waals surface area (Å²) in [5.41, 5.74) is -1.46. The molecule has 0 aliphatic carbocycles. The van der Waals surface area contributed by atoms with Crippen LogP contribution in [-0.4, -0.2) is 29.7 Å². The van der Waals surface area contributed by atoms with Crippen molar-refractivity contribution >= 4 is 44.0 Å². The lowest BCUT2D eigenvalue weighted by Gasteiger charge is -2.16. The second-order valence-corrected chi connectivity index (χ2v) is 8.15. The molecule has 1 atom stereocenters. The van der Waals surface area contributed by atoms with Crippen molar-refractivity contribution in [1.29, 1.82) is 5.26 Å². The summed E-state index contributed by atoms with van der Waals surface area (Å²) in [5.74, 6) is 0.310. The van der Waals surface area contributed by atoms with E-state index in [-0.39, 0.29) is 21.2 Å². The predicted molar refractivity (Wildman–Crippen MR) is 109 cm³/mol. The van der Waals surface area contributed by atoms with E-state index in [1.54, 1.807) is 6.92 Å². The molecule has 4 rings (SSSR count). The molecule has 1 unspecified atom stereocenters. The topological polar surface area (TPSA) is 125 Å². The maximum atomic E-state index is 13.3. The van der Waals surface area contributed by atoms with Crippen molar-refractivity contribution in [2.45, 2.75) is 19.1 Å². The van der Waals surface area contributed by atoms with Crippen molar-refractivity contribution in [2.24, 2.45) is 0 Å². The van der Waals surface area contributed by atoms with Crippen LogP contribution in [0.1, 0.15) is 29.2 Å². The van der Waals surface area contributed by atoms with Crippen LogP contribution in [0.3, 0.4) is 0 Å². The number of benzene rings is 1. The van der Waals surface area contributed by atoms with E-state index >= 15 is 0 Å². The number of nitrogens with zero attached hydrogens (tertiary/aromatic N) is 6. The zero-order valence-electron chi connectivity index (χ0n) is 15.4. The van der Waals surface area contributed by atoms with Gasteiger partial charge in [0, 0.05) is 9.86 Å². The van der Waals surface area contributed by atoms with E-state index in [1.807, 2.05) is 6.07 Å². The fourth-order valence-electron chi connectivity index (χ4n) is 2.87. The zero-order valence-corrected chi connectivity index (χ0v) is 17.8. The van der Waals surface area contributed by atoms with Gasteiger partial charge < -0.3 is 10.3 Å². The SMILES string of the molecule is CC(Nc1nc(=O)[nH]c2c(Br)cc(C(F)(F)F)cc12)c1ncnn1-c1ncc(C#N)s1. The Balaban J connectivity index is 1.77. The van der Waals surface area contributed by atoms with Crippen LogP contribution in [0.15, 0.2) is 33.9 Å². The molecular formula is C17H10BrF3N8OS. The van der Waals surface area contributed by atoms with Gasteiger partial charge in [0.05, 0.1) is 23.3 Å². The Labute approximate surface area is 183 Å². The lowest BCUT2D eigenvalue weighted by atomic mass is 10.1. The van der Waals surface area contributed by atoms with E-state index in [2.05, 4.69) is 46.3 Å². The van der Waals surface area contributed by atoms with Gasteiger partial charge in [-0.25, -0.2) is 14.8 Å². The first-order valence-electron chi connectivity index (χ1n) is 8.51. The third-order valence-electron chi connectivity index (χ3n) is 4.22. The molecule has 0 amide bonds. The van der Waals surface area contributed by atoms with Crippen molar-refractivity contribution in [3.63, 3.8) is 0 Å². The molecule has 0 fully saturated rings. The maximum absolute atomic E-state index is 13.3. The van der Waals surface area contributed by atoms with Crippen LogP contribution in [0.4, 0.5) is 19.0 Å². The summed E-state index contributed by atoms with van der Waals surface area (Å²) in [4.78, 5) is 26.9. The third kappa shape index (κ3) is 4.01. The molecular weight excluding hydrogens is 501 g/mol. The molecule has 0 aliphatic rings. The van der Waals surface area contributed by atoms with E-state index < -0.39 is 23.5 Å². The largest absolute Gasteiger partial charge is 0.416 e. The van der Waals surface area contributed by atoms with Crippen LogP contribution in [0.25, 0.3) is 16.0 Å². The van der Waals surface area contributed by atoms with Gasteiger partial charge in [0.2, 0.25) is 5.13 Å². The van der Waals surface area contributed by atoms with Crippen LogP contribution in [-0.2, 0) is 6.18 Å². The highest BCUT2D eigenvalue weighted by Crippen LogP contribution is 2.36. The summed E-state index contributed by atoms with van der Waals surface area (Å²) >= 11 is 4.18. The first-order chi connectivity index (χ1) is 14.7. The molecule has 3 heterocycles. The molecule has 14 heteroatoms. The lowest BCUT2D eigenvalue weighted by molar-refractivity contribution is -0.137. The Hall–Kier alpha value is -3.31. The van der Waals surface area contributed by atoms with Gasteiger partial charge in [-0.3, -0.25) is 0 Å². The van der Waals surface area contributed by atoms with Crippen LogP contribution < -0.4 is 11.0 Å². The molecule has 158 valence electrons. The minimum absolute atomic E-state index is 0.0514. The number of aromatic amines is 1. The number of thiazole rings is 1. The summed E-state index contributed by atoms with van der Waals surface area (Å²) in [6.07, 6.45) is -1.91. The molecule has 0 bridgehead atoms. The number of alkyl halides is 3. The number of nitriles is 1. The number of fused-ring (bicyclic) bond motifs is 1. The second-order valence-electron chi connectivity index (χ2n) is 6.28. The van der Waals surface area contributed by atoms with Gasteiger partial charge in [-0.15, -0.1) is 0 Å². The lowest BCUT2D eigenvalue weighted by Crippen LogP contribution is -2.19. The Morgan fingerprint density at radius 2 is 2.13 bits per heavy atom. The highest BCUT2D eigenvalue weighted by molar-refractivity contribution is 9.10. The number of aromatic nitrogens is 6. The highest BCUT2D eigenvalue weighted by Gasteiger charge is 2.32. The third-order valence-corrected chi connectivity index (χ3v) is 5.72. The average molecular weight is 511 g/mol. The number of hydrogen-bond acceptors (Lipinski definition) is 8. The Morgan fingerprint density at radius 1 is 1.35 bits per heavy atom. The van der Waals surface area contributed by atoms with E-state index in [0.717, 1.165) is 23.5 Å². The van der Waals surface area contributed by atoms with E-state index in [0.29, 0.717) is 15.8 Å². The van der Waals surface area contributed by atoms with Gasteiger partial charge in [-0.05, 0) is 35.0 Å². The van der Waals surface area contributed by atoms with Crippen LogP contribution in [0, 0.1) is 11.3 Å². The standard InChI is InChI=1S/C17H10BrF3N8OS/c1-7(14-24-6-25-29(14)16-23-5-9(4-22)31-16)26-13-10-2-8(17(19,20)21)3-11(18)12(10)27-15(30)28-13/h2-3,5-7H,1H3,(H2,26,27,28,30). The van der Waals surface area contributed by atoms with Gasteiger partial charge in [-0.1, -0.05) is 11.3 Å². The first kappa shape index (κ1) is 20.9. The van der Waals surface area contributed by atoms with Crippen LogP contribution >= 0.6 is 27.3 Å². The highest BCUT2D eigenvalue weighted by atomic mass is 79.9. The van der Waals surface area contributed by atoms with Crippen molar-refractivity contribution < 1.29 is 13.2 Å².